The molecule has 162 valence electrons. The minimum absolute atomic E-state index is 0.159. The van der Waals surface area contributed by atoms with Crippen molar-refractivity contribution in [3.05, 3.63) is 70.0 Å². The van der Waals surface area contributed by atoms with Gasteiger partial charge >= 0.3 is 0 Å². The number of hydrogen-bond donors (Lipinski definition) is 0. The topological polar surface area (TPSA) is 28.6 Å². The summed E-state index contributed by atoms with van der Waals surface area (Å²) >= 11 is 1.89. The monoisotopic (exact) mass is 433 g/mol. The summed E-state index contributed by atoms with van der Waals surface area (Å²) in [5.74, 6) is 0. The lowest BCUT2D eigenvalue weighted by Crippen LogP contribution is -2.46. The molecule has 0 spiro atoms. The van der Waals surface area contributed by atoms with E-state index in [-0.39, 0.29) is 6.10 Å². The SMILES string of the molecule is COC1Cc2sc(CCCCN3CCN(c4ccccc4)CC3)nc2-c2ccccc21. The Labute approximate surface area is 189 Å². The maximum absolute atomic E-state index is 5.76. The summed E-state index contributed by atoms with van der Waals surface area (Å²) in [5.41, 5.74) is 5.09. The number of methoxy groups -OCH3 is 1. The first-order valence-corrected chi connectivity index (χ1v) is 12.3. The number of nitrogens with zero attached hydrogens (tertiary/aromatic N) is 3. The van der Waals surface area contributed by atoms with Crippen LogP contribution in [0.5, 0.6) is 0 Å². The Morgan fingerprint density at radius 2 is 1.74 bits per heavy atom. The van der Waals surface area contributed by atoms with E-state index in [4.69, 9.17) is 9.72 Å². The number of unbranched alkanes of at least 4 members (excludes halogenated alkanes) is 1. The predicted molar refractivity (Wildman–Crippen MR) is 129 cm³/mol. The van der Waals surface area contributed by atoms with Crippen LogP contribution in [0.4, 0.5) is 5.69 Å². The molecule has 2 heterocycles. The second-order valence-electron chi connectivity index (χ2n) is 8.52. The summed E-state index contributed by atoms with van der Waals surface area (Å²) in [6.07, 6.45) is 4.65. The molecule has 1 saturated heterocycles. The standard InChI is InChI=1S/C26H31N3OS/c1-30-23-19-24-26(22-12-6-5-11-21(22)23)27-25(31-24)13-7-8-14-28-15-17-29(18-16-28)20-9-3-2-4-10-20/h2-6,9-12,23H,7-8,13-19H2,1H3. The average molecular weight is 434 g/mol. The van der Waals surface area contributed by atoms with Gasteiger partial charge in [0.05, 0.1) is 16.8 Å². The van der Waals surface area contributed by atoms with Crippen molar-refractivity contribution in [1.82, 2.24) is 9.88 Å². The van der Waals surface area contributed by atoms with Gasteiger partial charge < -0.3 is 9.64 Å². The van der Waals surface area contributed by atoms with Crippen LogP contribution in [0, 0.1) is 0 Å². The molecule has 4 nitrogen and oxygen atoms in total. The van der Waals surface area contributed by atoms with Crippen LogP contribution in [-0.4, -0.2) is 49.7 Å². The fraction of sp³-hybridized carbons (Fsp3) is 0.423. The van der Waals surface area contributed by atoms with Gasteiger partial charge in [-0.15, -0.1) is 11.3 Å². The maximum Gasteiger partial charge on any atom is 0.0935 e. The lowest BCUT2D eigenvalue weighted by atomic mass is 9.91. The van der Waals surface area contributed by atoms with Crippen molar-refractivity contribution in [2.45, 2.75) is 31.8 Å². The van der Waals surface area contributed by atoms with Crippen LogP contribution < -0.4 is 4.90 Å². The van der Waals surface area contributed by atoms with E-state index >= 15 is 0 Å². The van der Waals surface area contributed by atoms with Crippen LogP contribution in [0.2, 0.25) is 0 Å². The molecule has 2 aromatic carbocycles. The molecule has 1 aliphatic carbocycles. The van der Waals surface area contributed by atoms with Crippen LogP contribution in [0.3, 0.4) is 0 Å². The Kier molecular flexibility index (Phi) is 6.35. The molecule has 1 atom stereocenters. The highest BCUT2D eigenvalue weighted by Crippen LogP contribution is 2.42. The highest BCUT2D eigenvalue weighted by Gasteiger charge is 2.27. The van der Waals surface area contributed by atoms with Gasteiger partial charge in [-0.2, -0.15) is 0 Å². The number of anilines is 1. The van der Waals surface area contributed by atoms with Crippen molar-refractivity contribution >= 4 is 17.0 Å². The second-order valence-corrected chi connectivity index (χ2v) is 9.68. The van der Waals surface area contributed by atoms with E-state index in [0.717, 1.165) is 39.0 Å². The molecule has 1 unspecified atom stereocenters. The van der Waals surface area contributed by atoms with Crippen molar-refractivity contribution in [2.75, 3.05) is 44.7 Å². The molecule has 1 aromatic heterocycles. The Balaban J connectivity index is 1.11. The summed E-state index contributed by atoms with van der Waals surface area (Å²) in [6, 6.07) is 19.4. The lowest BCUT2D eigenvalue weighted by molar-refractivity contribution is 0.103. The molecule has 2 aliphatic rings. The molecule has 0 amide bonds. The quantitative estimate of drug-likeness (QED) is 0.479. The van der Waals surface area contributed by atoms with Crippen molar-refractivity contribution in [2.24, 2.45) is 0 Å². The number of aryl methyl sites for hydroxylation is 1. The van der Waals surface area contributed by atoms with Crippen LogP contribution in [0.25, 0.3) is 11.3 Å². The minimum atomic E-state index is 0.159. The first-order chi connectivity index (χ1) is 15.3. The van der Waals surface area contributed by atoms with Gasteiger partial charge in [-0.05, 0) is 43.5 Å². The molecule has 5 heteroatoms. The zero-order valence-electron chi connectivity index (χ0n) is 18.3. The molecule has 0 bridgehead atoms. The zero-order chi connectivity index (χ0) is 21.0. The summed E-state index contributed by atoms with van der Waals surface area (Å²) in [6.45, 7) is 5.78. The maximum atomic E-state index is 5.76. The van der Waals surface area contributed by atoms with E-state index in [0.29, 0.717) is 0 Å². The number of hydrogen-bond acceptors (Lipinski definition) is 5. The largest absolute Gasteiger partial charge is 0.376 e. The fourth-order valence-electron chi connectivity index (χ4n) is 4.82. The van der Waals surface area contributed by atoms with Crippen molar-refractivity contribution in [1.29, 1.82) is 0 Å². The van der Waals surface area contributed by atoms with Gasteiger partial charge in [0.25, 0.3) is 0 Å². The number of piperazine rings is 1. The first-order valence-electron chi connectivity index (χ1n) is 11.4. The van der Waals surface area contributed by atoms with Crippen LogP contribution in [0.1, 0.15) is 34.4 Å². The molecule has 0 radical (unpaired) electrons. The van der Waals surface area contributed by atoms with E-state index in [9.17, 15) is 0 Å². The van der Waals surface area contributed by atoms with Gasteiger partial charge in [0.1, 0.15) is 0 Å². The molecule has 31 heavy (non-hydrogen) atoms. The Bertz CT molecular complexity index is 995. The van der Waals surface area contributed by atoms with E-state index in [2.05, 4.69) is 64.4 Å². The number of fused-ring (bicyclic) bond motifs is 3. The number of para-hydroxylation sites is 1. The molecule has 1 fully saturated rings. The second kappa shape index (κ2) is 9.51. The van der Waals surface area contributed by atoms with E-state index < -0.39 is 0 Å². The number of rotatable bonds is 7. The molecular formula is C26H31N3OS. The normalized spacial score (nSPS) is 18.6. The van der Waals surface area contributed by atoms with Gasteiger partial charge in [0.2, 0.25) is 0 Å². The Morgan fingerprint density at radius 1 is 0.968 bits per heavy atom. The third kappa shape index (κ3) is 4.54. The molecular weight excluding hydrogens is 402 g/mol. The lowest BCUT2D eigenvalue weighted by Gasteiger charge is -2.36. The number of thiazole rings is 1. The summed E-state index contributed by atoms with van der Waals surface area (Å²) in [5, 5.41) is 1.28. The molecule has 0 N–H and O–H groups in total. The smallest absolute Gasteiger partial charge is 0.0935 e. The Morgan fingerprint density at radius 3 is 2.55 bits per heavy atom. The number of benzene rings is 2. The fourth-order valence-corrected chi connectivity index (χ4v) is 5.97. The van der Waals surface area contributed by atoms with Gasteiger partial charge in [0.15, 0.2) is 0 Å². The average Bonchev–Trinajstić information content (AvgIpc) is 3.25. The van der Waals surface area contributed by atoms with Crippen molar-refractivity contribution < 1.29 is 4.74 Å². The number of aromatic nitrogens is 1. The van der Waals surface area contributed by atoms with Crippen LogP contribution in [-0.2, 0) is 17.6 Å². The third-order valence-electron chi connectivity index (χ3n) is 6.57. The highest BCUT2D eigenvalue weighted by molar-refractivity contribution is 7.12. The molecule has 3 aromatic rings. The predicted octanol–water partition coefficient (Wildman–Crippen LogP) is 5.20. The Hall–Kier alpha value is -2.21. The molecule has 1 aliphatic heterocycles. The van der Waals surface area contributed by atoms with Gasteiger partial charge in [-0.25, -0.2) is 4.98 Å². The summed E-state index contributed by atoms with van der Waals surface area (Å²) < 4.78 is 5.76. The number of ether oxygens (including phenoxy) is 1. The minimum Gasteiger partial charge on any atom is -0.376 e. The van der Waals surface area contributed by atoms with Crippen LogP contribution >= 0.6 is 11.3 Å². The van der Waals surface area contributed by atoms with Gasteiger partial charge in [-0.3, -0.25) is 4.90 Å². The van der Waals surface area contributed by atoms with Crippen LogP contribution in [0.15, 0.2) is 54.6 Å². The third-order valence-corrected chi connectivity index (χ3v) is 7.71. The van der Waals surface area contributed by atoms with E-state index in [1.165, 1.54) is 51.8 Å². The van der Waals surface area contributed by atoms with E-state index in [1.807, 2.05) is 18.4 Å². The summed E-state index contributed by atoms with van der Waals surface area (Å²) in [4.78, 5) is 11.5. The molecule has 0 saturated carbocycles. The summed E-state index contributed by atoms with van der Waals surface area (Å²) in [7, 11) is 1.81. The zero-order valence-corrected chi connectivity index (χ0v) is 19.1. The van der Waals surface area contributed by atoms with Crippen molar-refractivity contribution in [3.63, 3.8) is 0 Å². The first kappa shape index (κ1) is 20.7. The molecule has 5 rings (SSSR count). The van der Waals surface area contributed by atoms with E-state index in [1.54, 1.807) is 0 Å². The van der Waals surface area contributed by atoms with Crippen molar-refractivity contribution in [3.8, 4) is 11.3 Å². The van der Waals surface area contributed by atoms with Gasteiger partial charge in [-0.1, -0.05) is 42.5 Å². The highest BCUT2D eigenvalue weighted by atomic mass is 32.1. The van der Waals surface area contributed by atoms with Gasteiger partial charge in [0, 0.05) is 55.8 Å².